The van der Waals surface area contributed by atoms with E-state index in [1.165, 1.54) is 12.8 Å². The zero-order valence-electron chi connectivity index (χ0n) is 10.6. The molecule has 3 rings (SSSR count). The fourth-order valence-electron chi connectivity index (χ4n) is 2.56. The number of hydrogen-bond acceptors (Lipinski definition) is 3. The van der Waals surface area contributed by atoms with Gasteiger partial charge in [-0.15, -0.1) is 0 Å². The van der Waals surface area contributed by atoms with Crippen molar-refractivity contribution in [1.29, 1.82) is 0 Å². The molecule has 1 atom stereocenters. The fourth-order valence-corrected chi connectivity index (χ4v) is 2.56. The predicted octanol–water partition coefficient (Wildman–Crippen LogP) is 2.45. The third-order valence-corrected chi connectivity index (χ3v) is 3.48. The molecule has 0 aromatic carbocycles. The van der Waals surface area contributed by atoms with Crippen molar-refractivity contribution in [3.05, 3.63) is 30.2 Å². The Morgan fingerprint density at radius 3 is 3.17 bits per heavy atom. The number of rotatable bonds is 3. The Morgan fingerprint density at radius 1 is 1.44 bits per heavy atom. The van der Waals surface area contributed by atoms with Gasteiger partial charge in [-0.25, -0.2) is 4.98 Å². The molecule has 0 saturated carbocycles. The summed E-state index contributed by atoms with van der Waals surface area (Å²) in [6, 6.07) is 5.98. The molecule has 1 unspecified atom stereocenters. The van der Waals surface area contributed by atoms with Crippen molar-refractivity contribution in [2.75, 3.05) is 13.7 Å². The van der Waals surface area contributed by atoms with Gasteiger partial charge in [0.25, 0.3) is 0 Å². The average Bonchev–Trinajstić information content (AvgIpc) is 2.83. The standard InChI is InChI=1S/C14H18N2O2/c1-17-14-7-4-5-11-10-15-13(16(11)14)9-12-6-2-3-8-18-12/h4-5,7,10,12H,2-3,6,8-9H2,1H3. The van der Waals surface area contributed by atoms with Crippen LogP contribution in [0.25, 0.3) is 5.52 Å². The largest absolute Gasteiger partial charge is 0.482 e. The first-order valence-electron chi connectivity index (χ1n) is 6.49. The summed E-state index contributed by atoms with van der Waals surface area (Å²) in [6.45, 7) is 0.880. The van der Waals surface area contributed by atoms with Crippen LogP contribution in [0.5, 0.6) is 5.88 Å². The van der Waals surface area contributed by atoms with E-state index in [9.17, 15) is 0 Å². The summed E-state index contributed by atoms with van der Waals surface area (Å²) in [5, 5.41) is 0. The van der Waals surface area contributed by atoms with Gasteiger partial charge >= 0.3 is 0 Å². The second-order valence-corrected chi connectivity index (χ2v) is 4.70. The number of imidazole rings is 1. The molecule has 1 aliphatic heterocycles. The van der Waals surface area contributed by atoms with E-state index in [2.05, 4.69) is 9.38 Å². The lowest BCUT2D eigenvalue weighted by Crippen LogP contribution is -2.22. The van der Waals surface area contributed by atoms with Crippen LogP contribution in [-0.4, -0.2) is 29.2 Å². The van der Waals surface area contributed by atoms with Crippen LogP contribution in [0.15, 0.2) is 24.4 Å². The highest BCUT2D eigenvalue weighted by Crippen LogP contribution is 2.21. The molecule has 1 aliphatic rings. The van der Waals surface area contributed by atoms with E-state index in [1.54, 1.807) is 7.11 Å². The number of ether oxygens (including phenoxy) is 2. The summed E-state index contributed by atoms with van der Waals surface area (Å²) in [7, 11) is 1.69. The first-order valence-corrected chi connectivity index (χ1v) is 6.49. The Morgan fingerprint density at radius 2 is 2.39 bits per heavy atom. The molecule has 0 amide bonds. The number of pyridine rings is 1. The number of aromatic nitrogens is 2. The lowest BCUT2D eigenvalue weighted by Gasteiger charge is -2.22. The smallest absolute Gasteiger partial charge is 0.199 e. The average molecular weight is 246 g/mol. The Balaban J connectivity index is 1.91. The van der Waals surface area contributed by atoms with E-state index < -0.39 is 0 Å². The lowest BCUT2D eigenvalue weighted by atomic mass is 10.1. The Bertz CT molecular complexity index is 530. The highest BCUT2D eigenvalue weighted by Gasteiger charge is 2.18. The van der Waals surface area contributed by atoms with Crippen LogP contribution >= 0.6 is 0 Å². The minimum absolute atomic E-state index is 0.300. The van der Waals surface area contributed by atoms with Gasteiger partial charge in [-0.05, 0) is 31.4 Å². The van der Waals surface area contributed by atoms with Crippen LogP contribution in [0.2, 0.25) is 0 Å². The van der Waals surface area contributed by atoms with Gasteiger partial charge in [-0.2, -0.15) is 0 Å². The molecule has 0 spiro atoms. The van der Waals surface area contributed by atoms with Gasteiger partial charge in [-0.1, -0.05) is 6.07 Å². The van der Waals surface area contributed by atoms with Crippen LogP contribution in [0, 0.1) is 0 Å². The van der Waals surface area contributed by atoms with Crippen molar-refractivity contribution in [2.24, 2.45) is 0 Å². The van der Waals surface area contributed by atoms with Gasteiger partial charge in [0.2, 0.25) is 0 Å². The SMILES string of the molecule is COc1cccc2cnc(CC3CCCCO3)n12. The van der Waals surface area contributed by atoms with Crippen molar-refractivity contribution < 1.29 is 9.47 Å². The summed E-state index contributed by atoms with van der Waals surface area (Å²) in [5.41, 5.74) is 1.07. The second-order valence-electron chi connectivity index (χ2n) is 4.70. The maximum Gasteiger partial charge on any atom is 0.199 e. The van der Waals surface area contributed by atoms with E-state index in [1.807, 2.05) is 24.4 Å². The van der Waals surface area contributed by atoms with E-state index in [4.69, 9.17) is 9.47 Å². The zero-order valence-corrected chi connectivity index (χ0v) is 10.6. The quantitative estimate of drug-likeness (QED) is 0.834. The highest BCUT2D eigenvalue weighted by molar-refractivity contribution is 5.49. The molecule has 18 heavy (non-hydrogen) atoms. The molecule has 4 heteroatoms. The molecule has 4 nitrogen and oxygen atoms in total. The van der Waals surface area contributed by atoms with E-state index in [-0.39, 0.29) is 0 Å². The monoisotopic (exact) mass is 246 g/mol. The zero-order chi connectivity index (χ0) is 12.4. The normalized spacial score (nSPS) is 20.2. The number of hydrogen-bond donors (Lipinski definition) is 0. The van der Waals surface area contributed by atoms with Gasteiger partial charge in [-0.3, -0.25) is 4.40 Å². The summed E-state index contributed by atoms with van der Waals surface area (Å²) < 4.78 is 13.2. The maximum absolute atomic E-state index is 5.78. The first kappa shape index (κ1) is 11.5. The third kappa shape index (κ3) is 2.08. The van der Waals surface area contributed by atoms with Crippen molar-refractivity contribution in [1.82, 2.24) is 9.38 Å². The summed E-state index contributed by atoms with van der Waals surface area (Å²) in [5.74, 6) is 1.85. The molecule has 1 fully saturated rings. The molecule has 0 bridgehead atoms. The molecular weight excluding hydrogens is 228 g/mol. The topological polar surface area (TPSA) is 35.8 Å². The maximum atomic E-state index is 5.78. The molecule has 1 saturated heterocycles. The Kier molecular flexibility index (Phi) is 3.19. The molecular formula is C14H18N2O2. The minimum Gasteiger partial charge on any atom is -0.482 e. The van der Waals surface area contributed by atoms with Crippen molar-refractivity contribution >= 4 is 5.52 Å². The van der Waals surface area contributed by atoms with E-state index >= 15 is 0 Å². The van der Waals surface area contributed by atoms with Crippen LogP contribution in [0.1, 0.15) is 25.1 Å². The van der Waals surface area contributed by atoms with E-state index in [0.717, 1.165) is 36.7 Å². The van der Waals surface area contributed by atoms with Crippen LogP contribution in [-0.2, 0) is 11.2 Å². The number of methoxy groups -OCH3 is 1. The summed E-state index contributed by atoms with van der Waals surface area (Å²) in [4.78, 5) is 4.50. The van der Waals surface area contributed by atoms with Crippen molar-refractivity contribution in [3.63, 3.8) is 0 Å². The summed E-state index contributed by atoms with van der Waals surface area (Å²) >= 11 is 0. The van der Waals surface area contributed by atoms with Crippen molar-refractivity contribution in [2.45, 2.75) is 31.8 Å². The lowest BCUT2D eigenvalue weighted by molar-refractivity contribution is 0.0155. The van der Waals surface area contributed by atoms with Crippen LogP contribution in [0.3, 0.4) is 0 Å². The third-order valence-electron chi connectivity index (χ3n) is 3.48. The molecule has 96 valence electrons. The number of nitrogens with zero attached hydrogens (tertiary/aromatic N) is 2. The van der Waals surface area contributed by atoms with Gasteiger partial charge in [0.05, 0.1) is 24.9 Å². The molecule has 0 aliphatic carbocycles. The first-order chi connectivity index (χ1) is 8.88. The van der Waals surface area contributed by atoms with Gasteiger partial charge in [0.15, 0.2) is 5.88 Å². The van der Waals surface area contributed by atoms with Gasteiger partial charge in [0, 0.05) is 13.0 Å². The highest BCUT2D eigenvalue weighted by atomic mass is 16.5. The Hall–Kier alpha value is -1.55. The Labute approximate surface area is 107 Å². The summed E-state index contributed by atoms with van der Waals surface area (Å²) in [6.07, 6.45) is 6.61. The fraction of sp³-hybridized carbons (Fsp3) is 0.500. The number of fused-ring (bicyclic) bond motifs is 1. The molecule has 2 aromatic heterocycles. The minimum atomic E-state index is 0.300. The van der Waals surface area contributed by atoms with Crippen LogP contribution < -0.4 is 4.74 Å². The molecule has 0 radical (unpaired) electrons. The van der Waals surface area contributed by atoms with Gasteiger partial charge < -0.3 is 9.47 Å². The van der Waals surface area contributed by atoms with Crippen LogP contribution in [0.4, 0.5) is 0 Å². The van der Waals surface area contributed by atoms with Crippen molar-refractivity contribution in [3.8, 4) is 5.88 Å². The van der Waals surface area contributed by atoms with Gasteiger partial charge in [0.1, 0.15) is 5.82 Å². The molecule has 2 aromatic rings. The predicted molar refractivity (Wildman–Crippen MR) is 69.0 cm³/mol. The van der Waals surface area contributed by atoms with E-state index in [0.29, 0.717) is 6.10 Å². The molecule has 0 N–H and O–H groups in total. The molecule has 3 heterocycles. The second kappa shape index (κ2) is 4.98.